The summed E-state index contributed by atoms with van der Waals surface area (Å²) >= 11 is 0. The van der Waals surface area contributed by atoms with Crippen molar-refractivity contribution in [3.8, 4) is 5.75 Å². The van der Waals surface area contributed by atoms with E-state index in [1.807, 2.05) is 19.9 Å². The number of nitrogens with one attached hydrogen (secondary N) is 1. The summed E-state index contributed by atoms with van der Waals surface area (Å²) in [5, 5.41) is 3.35. The van der Waals surface area contributed by atoms with Crippen LogP contribution in [0, 0.1) is 5.82 Å². The Kier molecular flexibility index (Phi) is 3.44. The summed E-state index contributed by atoms with van der Waals surface area (Å²) in [4.78, 5) is 0. The van der Waals surface area contributed by atoms with Crippen LogP contribution in [0.2, 0.25) is 0 Å². The van der Waals surface area contributed by atoms with Crippen molar-refractivity contribution >= 4 is 0 Å². The van der Waals surface area contributed by atoms with Gasteiger partial charge >= 0.3 is 0 Å². The molecule has 16 heavy (non-hydrogen) atoms. The smallest absolute Gasteiger partial charge is 0.165 e. The molecule has 0 radical (unpaired) electrons. The molecule has 88 valence electrons. The molecule has 0 aromatic heterocycles. The molecular weight excluding hydrogens is 205 g/mol. The SMILES string of the molecule is CC(C)Oc1ccc(CNC2CC2)cc1F. The Bertz CT molecular complexity index is 361. The predicted octanol–water partition coefficient (Wildman–Crippen LogP) is 2.86. The van der Waals surface area contributed by atoms with E-state index in [9.17, 15) is 4.39 Å². The molecule has 0 atom stereocenters. The van der Waals surface area contributed by atoms with Gasteiger partial charge in [-0.1, -0.05) is 6.07 Å². The van der Waals surface area contributed by atoms with Crippen LogP contribution in [0.5, 0.6) is 5.75 Å². The van der Waals surface area contributed by atoms with Gasteiger partial charge in [0.25, 0.3) is 0 Å². The van der Waals surface area contributed by atoms with E-state index in [1.54, 1.807) is 12.1 Å². The molecule has 0 spiro atoms. The molecule has 1 aromatic carbocycles. The van der Waals surface area contributed by atoms with Crippen LogP contribution < -0.4 is 10.1 Å². The van der Waals surface area contributed by atoms with Gasteiger partial charge in [0.05, 0.1) is 6.10 Å². The first-order valence-electron chi connectivity index (χ1n) is 5.83. The van der Waals surface area contributed by atoms with Crippen molar-refractivity contribution in [3.63, 3.8) is 0 Å². The highest BCUT2D eigenvalue weighted by atomic mass is 19.1. The summed E-state index contributed by atoms with van der Waals surface area (Å²) in [7, 11) is 0. The van der Waals surface area contributed by atoms with Crippen LogP contribution in [0.4, 0.5) is 4.39 Å². The average molecular weight is 223 g/mol. The quantitative estimate of drug-likeness (QED) is 0.828. The minimum atomic E-state index is -0.274. The van der Waals surface area contributed by atoms with Gasteiger partial charge in [-0.15, -0.1) is 0 Å². The van der Waals surface area contributed by atoms with Crippen LogP contribution in [0.3, 0.4) is 0 Å². The first-order chi connectivity index (χ1) is 7.65. The largest absolute Gasteiger partial charge is 0.488 e. The summed E-state index contributed by atoms with van der Waals surface area (Å²) < 4.78 is 18.9. The van der Waals surface area contributed by atoms with Crippen molar-refractivity contribution in [2.24, 2.45) is 0 Å². The molecule has 3 heteroatoms. The van der Waals surface area contributed by atoms with E-state index in [0.29, 0.717) is 11.8 Å². The Balaban J connectivity index is 1.97. The topological polar surface area (TPSA) is 21.3 Å². The van der Waals surface area contributed by atoms with Gasteiger partial charge in [0.2, 0.25) is 0 Å². The Morgan fingerprint density at radius 1 is 1.44 bits per heavy atom. The van der Waals surface area contributed by atoms with E-state index in [4.69, 9.17) is 4.74 Å². The fourth-order valence-electron chi connectivity index (χ4n) is 1.55. The normalized spacial score (nSPS) is 15.5. The Morgan fingerprint density at radius 2 is 2.19 bits per heavy atom. The Morgan fingerprint density at radius 3 is 2.75 bits per heavy atom. The van der Waals surface area contributed by atoms with Crippen LogP contribution in [-0.2, 0) is 6.54 Å². The third-order valence-corrected chi connectivity index (χ3v) is 2.53. The number of halogens is 1. The van der Waals surface area contributed by atoms with Gasteiger partial charge in [-0.05, 0) is 44.4 Å². The first kappa shape index (κ1) is 11.4. The lowest BCUT2D eigenvalue weighted by Gasteiger charge is -2.11. The summed E-state index contributed by atoms with van der Waals surface area (Å²) in [6, 6.07) is 5.82. The maximum absolute atomic E-state index is 13.6. The molecule has 0 amide bonds. The summed E-state index contributed by atoms with van der Waals surface area (Å²) in [6.45, 7) is 4.52. The van der Waals surface area contributed by atoms with Crippen LogP contribution in [0.1, 0.15) is 32.3 Å². The minimum Gasteiger partial charge on any atom is -0.488 e. The van der Waals surface area contributed by atoms with Crippen molar-refractivity contribution < 1.29 is 9.13 Å². The van der Waals surface area contributed by atoms with Gasteiger partial charge in [-0.3, -0.25) is 0 Å². The molecule has 1 fully saturated rings. The zero-order valence-electron chi connectivity index (χ0n) is 9.79. The lowest BCUT2D eigenvalue weighted by molar-refractivity contribution is 0.231. The number of hydrogen-bond donors (Lipinski definition) is 1. The predicted molar refractivity (Wildman–Crippen MR) is 62.0 cm³/mol. The number of ether oxygens (including phenoxy) is 1. The standard InChI is InChI=1S/C13H18FNO/c1-9(2)16-13-6-3-10(7-12(13)14)8-15-11-4-5-11/h3,6-7,9,11,15H,4-5,8H2,1-2H3. The van der Waals surface area contributed by atoms with Crippen molar-refractivity contribution in [1.29, 1.82) is 0 Å². The van der Waals surface area contributed by atoms with Gasteiger partial charge in [0.1, 0.15) is 0 Å². The zero-order chi connectivity index (χ0) is 11.5. The number of rotatable bonds is 5. The van der Waals surface area contributed by atoms with E-state index in [0.717, 1.165) is 12.1 Å². The maximum Gasteiger partial charge on any atom is 0.165 e. The minimum absolute atomic E-state index is 0.00457. The monoisotopic (exact) mass is 223 g/mol. The van der Waals surface area contributed by atoms with E-state index < -0.39 is 0 Å². The van der Waals surface area contributed by atoms with Gasteiger partial charge in [0, 0.05) is 12.6 Å². The van der Waals surface area contributed by atoms with Crippen LogP contribution in [0.15, 0.2) is 18.2 Å². The van der Waals surface area contributed by atoms with Gasteiger partial charge < -0.3 is 10.1 Å². The molecular formula is C13H18FNO. The molecule has 0 saturated heterocycles. The highest BCUT2D eigenvalue weighted by Crippen LogP contribution is 2.22. The van der Waals surface area contributed by atoms with Gasteiger partial charge in [-0.25, -0.2) is 4.39 Å². The lowest BCUT2D eigenvalue weighted by atomic mass is 10.2. The zero-order valence-corrected chi connectivity index (χ0v) is 9.79. The molecule has 1 saturated carbocycles. The second kappa shape index (κ2) is 4.83. The maximum atomic E-state index is 13.6. The van der Waals surface area contributed by atoms with E-state index in [1.165, 1.54) is 12.8 Å². The number of benzene rings is 1. The molecule has 0 heterocycles. The van der Waals surface area contributed by atoms with Crippen LogP contribution >= 0.6 is 0 Å². The molecule has 2 rings (SSSR count). The van der Waals surface area contributed by atoms with Crippen molar-refractivity contribution in [3.05, 3.63) is 29.6 Å². The molecule has 0 unspecified atom stereocenters. The van der Waals surface area contributed by atoms with E-state index in [2.05, 4.69) is 5.32 Å². The van der Waals surface area contributed by atoms with E-state index >= 15 is 0 Å². The van der Waals surface area contributed by atoms with Gasteiger partial charge in [-0.2, -0.15) is 0 Å². The third-order valence-electron chi connectivity index (χ3n) is 2.53. The molecule has 1 aromatic rings. The molecule has 1 aliphatic rings. The Labute approximate surface area is 95.8 Å². The van der Waals surface area contributed by atoms with Crippen molar-refractivity contribution in [1.82, 2.24) is 5.32 Å². The first-order valence-corrected chi connectivity index (χ1v) is 5.83. The summed E-state index contributed by atoms with van der Waals surface area (Å²) in [5.41, 5.74) is 0.973. The number of hydrogen-bond acceptors (Lipinski definition) is 2. The molecule has 0 aliphatic heterocycles. The second-order valence-corrected chi connectivity index (χ2v) is 4.59. The van der Waals surface area contributed by atoms with Crippen LogP contribution in [-0.4, -0.2) is 12.1 Å². The third kappa shape index (κ3) is 3.20. The highest BCUT2D eigenvalue weighted by molar-refractivity contribution is 5.29. The Hall–Kier alpha value is -1.09. The molecule has 0 bridgehead atoms. The molecule has 1 aliphatic carbocycles. The average Bonchev–Trinajstić information content (AvgIpc) is 3.02. The fourth-order valence-corrected chi connectivity index (χ4v) is 1.55. The van der Waals surface area contributed by atoms with Crippen molar-refractivity contribution in [2.45, 2.75) is 45.4 Å². The molecule has 1 N–H and O–H groups in total. The summed E-state index contributed by atoms with van der Waals surface area (Å²) in [5.74, 6) is 0.0639. The van der Waals surface area contributed by atoms with Crippen molar-refractivity contribution in [2.75, 3.05) is 0 Å². The van der Waals surface area contributed by atoms with E-state index in [-0.39, 0.29) is 11.9 Å². The second-order valence-electron chi connectivity index (χ2n) is 4.59. The fraction of sp³-hybridized carbons (Fsp3) is 0.538. The van der Waals surface area contributed by atoms with Crippen LogP contribution in [0.25, 0.3) is 0 Å². The highest BCUT2D eigenvalue weighted by Gasteiger charge is 2.20. The van der Waals surface area contributed by atoms with Gasteiger partial charge in [0.15, 0.2) is 11.6 Å². The summed E-state index contributed by atoms with van der Waals surface area (Å²) in [6.07, 6.45) is 2.50. The lowest BCUT2D eigenvalue weighted by Crippen LogP contribution is -2.15. The molecule has 2 nitrogen and oxygen atoms in total.